The van der Waals surface area contributed by atoms with E-state index < -0.39 is 6.10 Å². The maximum absolute atomic E-state index is 11.5. The van der Waals surface area contributed by atoms with Gasteiger partial charge in [0.2, 0.25) is 11.8 Å². The molecule has 5 nitrogen and oxygen atoms in total. The number of rotatable bonds is 4. The third-order valence-corrected chi connectivity index (χ3v) is 2.09. The highest BCUT2D eigenvalue weighted by Gasteiger charge is 2.18. The average Bonchev–Trinajstić information content (AvgIpc) is 2.63. The third kappa shape index (κ3) is 3.06. The van der Waals surface area contributed by atoms with Crippen LogP contribution in [0.1, 0.15) is 31.5 Å². The van der Waals surface area contributed by atoms with Crippen molar-refractivity contribution in [2.24, 2.45) is 0 Å². The van der Waals surface area contributed by atoms with Gasteiger partial charge < -0.3 is 14.5 Å². The third-order valence-electron chi connectivity index (χ3n) is 2.09. The molecule has 1 heterocycles. The molecule has 2 unspecified atom stereocenters. The Morgan fingerprint density at radius 2 is 2.27 bits per heavy atom. The van der Waals surface area contributed by atoms with E-state index in [0.29, 0.717) is 5.89 Å². The minimum atomic E-state index is -0.469. The van der Waals surface area contributed by atoms with Crippen molar-refractivity contribution in [3.05, 3.63) is 17.8 Å². The molecule has 1 rings (SSSR count). The number of hydrogen-bond acceptors (Lipinski definition) is 4. The van der Waals surface area contributed by atoms with E-state index in [1.165, 1.54) is 7.11 Å². The summed E-state index contributed by atoms with van der Waals surface area (Å²) in [5, 5.41) is 2.74. The van der Waals surface area contributed by atoms with Crippen LogP contribution in [0.5, 0.6) is 0 Å². The van der Waals surface area contributed by atoms with E-state index >= 15 is 0 Å². The van der Waals surface area contributed by atoms with Crippen LogP contribution < -0.4 is 5.32 Å². The summed E-state index contributed by atoms with van der Waals surface area (Å²) in [5.41, 5.74) is 0. The predicted molar refractivity (Wildman–Crippen MR) is 54.3 cm³/mol. The molecule has 0 aliphatic heterocycles. The number of carbonyl (C=O) groups is 1. The van der Waals surface area contributed by atoms with Crippen molar-refractivity contribution in [2.75, 3.05) is 7.11 Å². The molecule has 0 radical (unpaired) electrons. The van der Waals surface area contributed by atoms with Crippen molar-refractivity contribution in [1.82, 2.24) is 10.3 Å². The largest absolute Gasteiger partial charge is 0.444 e. The Labute approximate surface area is 88.8 Å². The molecule has 0 fully saturated rings. The Morgan fingerprint density at radius 1 is 1.60 bits per heavy atom. The lowest BCUT2D eigenvalue weighted by Gasteiger charge is -2.13. The number of carbonyl (C=O) groups excluding carboxylic acids is 1. The van der Waals surface area contributed by atoms with Gasteiger partial charge in [-0.1, -0.05) is 0 Å². The van der Waals surface area contributed by atoms with Crippen molar-refractivity contribution < 1.29 is 13.9 Å². The summed E-state index contributed by atoms with van der Waals surface area (Å²) in [5.74, 6) is 1.05. The highest BCUT2D eigenvalue weighted by Crippen LogP contribution is 2.11. The number of ether oxygens (including phenoxy) is 1. The number of aromatic nitrogens is 1. The van der Waals surface area contributed by atoms with Gasteiger partial charge in [-0.15, -0.1) is 0 Å². The highest BCUT2D eigenvalue weighted by atomic mass is 16.5. The molecule has 1 aromatic rings. The molecule has 1 aromatic heterocycles. The molecule has 0 aromatic carbocycles. The SMILES string of the molecule is COC(C)C(=O)NC(C)c1ncc(C)o1. The van der Waals surface area contributed by atoms with Gasteiger partial charge in [-0.2, -0.15) is 0 Å². The second kappa shape index (κ2) is 4.93. The zero-order valence-electron chi connectivity index (χ0n) is 9.40. The summed E-state index contributed by atoms with van der Waals surface area (Å²) in [6.07, 6.45) is 1.15. The Balaban J connectivity index is 2.56. The van der Waals surface area contributed by atoms with Crippen molar-refractivity contribution >= 4 is 5.91 Å². The summed E-state index contributed by atoms with van der Waals surface area (Å²) >= 11 is 0. The Morgan fingerprint density at radius 3 is 2.73 bits per heavy atom. The van der Waals surface area contributed by atoms with Crippen LogP contribution in [0.25, 0.3) is 0 Å². The van der Waals surface area contributed by atoms with E-state index in [4.69, 9.17) is 9.15 Å². The van der Waals surface area contributed by atoms with Crippen LogP contribution in [0.2, 0.25) is 0 Å². The molecule has 1 amide bonds. The summed E-state index contributed by atoms with van der Waals surface area (Å²) in [6.45, 7) is 5.30. The fourth-order valence-corrected chi connectivity index (χ4v) is 1.07. The molecule has 0 bridgehead atoms. The van der Waals surface area contributed by atoms with Gasteiger partial charge in [-0.05, 0) is 20.8 Å². The van der Waals surface area contributed by atoms with Crippen molar-refractivity contribution in [3.63, 3.8) is 0 Å². The van der Waals surface area contributed by atoms with Gasteiger partial charge in [0.25, 0.3) is 0 Å². The number of amides is 1. The maximum Gasteiger partial charge on any atom is 0.249 e. The predicted octanol–water partition coefficient (Wildman–Crippen LogP) is 1.20. The second-order valence-corrected chi connectivity index (χ2v) is 3.42. The van der Waals surface area contributed by atoms with Crippen LogP contribution in [0.15, 0.2) is 10.6 Å². The zero-order valence-corrected chi connectivity index (χ0v) is 9.40. The second-order valence-electron chi connectivity index (χ2n) is 3.42. The minimum Gasteiger partial charge on any atom is -0.444 e. The Bertz CT molecular complexity index is 335. The van der Waals surface area contributed by atoms with Gasteiger partial charge >= 0.3 is 0 Å². The first kappa shape index (κ1) is 11.7. The summed E-state index contributed by atoms with van der Waals surface area (Å²) in [7, 11) is 1.49. The van der Waals surface area contributed by atoms with Gasteiger partial charge in [0.1, 0.15) is 17.9 Å². The van der Waals surface area contributed by atoms with E-state index in [2.05, 4.69) is 10.3 Å². The zero-order chi connectivity index (χ0) is 11.4. The summed E-state index contributed by atoms with van der Waals surface area (Å²) in [4.78, 5) is 15.5. The molecule has 0 spiro atoms. The number of oxazole rings is 1. The van der Waals surface area contributed by atoms with Gasteiger partial charge in [0, 0.05) is 7.11 Å². The normalized spacial score (nSPS) is 14.7. The van der Waals surface area contributed by atoms with Gasteiger partial charge in [-0.3, -0.25) is 4.79 Å². The molecule has 1 N–H and O–H groups in total. The van der Waals surface area contributed by atoms with Gasteiger partial charge in [0.15, 0.2) is 0 Å². The number of methoxy groups -OCH3 is 1. The lowest BCUT2D eigenvalue weighted by molar-refractivity contribution is -0.130. The van der Waals surface area contributed by atoms with Crippen LogP contribution >= 0.6 is 0 Å². The van der Waals surface area contributed by atoms with Crippen molar-refractivity contribution in [3.8, 4) is 0 Å². The van der Waals surface area contributed by atoms with Crippen LogP contribution in [0.3, 0.4) is 0 Å². The van der Waals surface area contributed by atoms with Crippen molar-refractivity contribution in [2.45, 2.75) is 32.9 Å². The molecule has 0 aliphatic rings. The first-order chi connectivity index (χ1) is 7.04. The molecular weight excluding hydrogens is 196 g/mol. The van der Waals surface area contributed by atoms with E-state index in [1.807, 2.05) is 13.8 Å². The Hall–Kier alpha value is -1.36. The summed E-state index contributed by atoms with van der Waals surface area (Å²) in [6, 6.07) is -0.246. The number of aryl methyl sites for hydroxylation is 1. The molecule has 0 saturated heterocycles. The van der Waals surface area contributed by atoms with E-state index in [1.54, 1.807) is 13.1 Å². The number of hydrogen-bond donors (Lipinski definition) is 1. The highest BCUT2D eigenvalue weighted by molar-refractivity contribution is 5.80. The first-order valence-corrected chi connectivity index (χ1v) is 4.80. The Kier molecular flexibility index (Phi) is 3.85. The number of nitrogens with one attached hydrogen (secondary N) is 1. The molecule has 0 saturated carbocycles. The minimum absolute atomic E-state index is 0.180. The monoisotopic (exact) mass is 212 g/mol. The van der Waals surface area contributed by atoms with Crippen molar-refractivity contribution in [1.29, 1.82) is 0 Å². The van der Waals surface area contributed by atoms with E-state index in [0.717, 1.165) is 5.76 Å². The first-order valence-electron chi connectivity index (χ1n) is 4.80. The van der Waals surface area contributed by atoms with Crippen LogP contribution in [-0.2, 0) is 9.53 Å². The molecule has 5 heteroatoms. The molecular formula is C10H16N2O3. The smallest absolute Gasteiger partial charge is 0.249 e. The molecule has 84 valence electrons. The van der Waals surface area contributed by atoms with E-state index in [9.17, 15) is 4.79 Å². The fourth-order valence-electron chi connectivity index (χ4n) is 1.07. The van der Waals surface area contributed by atoms with Crippen LogP contribution in [0, 0.1) is 6.92 Å². The molecule has 15 heavy (non-hydrogen) atoms. The molecule has 2 atom stereocenters. The average molecular weight is 212 g/mol. The van der Waals surface area contributed by atoms with Gasteiger partial charge in [-0.25, -0.2) is 4.98 Å². The number of nitrogens with zero attached hydrogens (tertiary/aromatic N) is 1. The fraction of sp³-hybridized carbons (Fsp3) is 0.600. The van der Waals surface area contributed by atoms with Gasteiger partial charge in [0.05, 0.1) is 6.20 Å². The topological polar surface area (TPSA) is 64.4 Å². The lowest BCUT2D eigenvalue weighted by Crippen LogP contribution is -2.35. The maximum atomic E-state index is 11.5. The van der Waals surface area contributed by atoms with Crippen LogP contribution in [0.4, 0.5) is 0 Å². The standard InChI is InChI=1S/C10H16N2O3/c1-6-5-11-10(15-6)7(2)12-9(13)8(3)14-4/h5,7-8H,1-4H3,(H,12,13). The quantitative estimate of drug-likeness (QED) is 0.814. The summed E-state index contributed by atoms with van der Waals surface area (Å²) < 4.78 is 10.2. The molecule has 0 aliphatic carbocycles. The lowest BCUT2D eigenvalue weighted by atomic mass is 10.3. The van der Waals surface area contributed by atoms with E-state index in [-0.39, 0.29) is 11.9 Å². The van der Waals surface area contributed by atoms with Crippen LogP contribution in [-0.4, -0.2) is 24.1 Å².